The van der Waals surface area contributed by atoms with Crippen LogP contribution in [0.1, 0.15) is 23.4 Å². The molecule has 1 heterocycles. The highest BCUT2D eigenvalue weighted by Crippen LogP contribution is 2.27. The van der Waals surface area contributed by atoms with Gasteiger partial charge in [-0.05, 0) is 37.0 Å². The van der Waals surface area contributed by atoms with Crippen molar-refractivity contribution in [3.8, 4) is 5.69 Å². The second-order valence-electron chi connectivity index (χ2n) is 5.15. The third-order valence-electron chi connectivity index (χ3n) is 3.90. The Morgan fingerprint density at radius 2 is 2.10 bits per heavy atom. The molecule has 21 heavy (non-hydrogen) atoms. The highest BCUT2D eigenvalue weighted by atomic mass is 15.3. The minimum Gasteiger partial charge on any atom is -0.359 e. The van der Waals surface area contributed by atoms with Crippen molar-refractivity contribution in [2.24, 2.45) is 4.99 Å². The van der Waals surface area contributed by atoms with Gasteiger partial charge in [-0.25, -0.2) is 4.68 Å². The minimum absolute atomic E-state index is 0.704. The summed E-state index contributed by atoms with van der Waals surface area (Å²) in [5.41, 5.74) is 5.03. The quantitative estimate of drug-likeness (QED) is 0.665. The lowest BCUT2D eigenvalue weighted by molar-refractivity contribution is 0.738. The molecular formula is C16H21N5. The number of nitrogens with zero attached hydrogens (tertiary/aromatic N) is 3. The molecule has 0 bridgehead atoms. The van der Waals surface area contributed by atoms with E-state index in [-0.39, 0.29) is 0 Å². The third-order valence-corrected chi connectivity index (χ3v) is 3.90. The summed E-state index contributed by atoms with van der Waals surface area (Å²) in [5.74, 6) is 0.788. The maximum atomic E-state index is 4.81. The number of guanidine groups is 1. The molecule has 2 aromatic rings. The van der Waals surface area contributed by atoms with Gasteiger partial charge in [0, 0.05) is 19.8 Å². The molecule has 0 aliphatic heterocycles. The van der Waals surface area contributed by atoms with E-state index < -0.39 is 0 Å². The summed E-state index contributed by atoms with van der Waals surface area (Å²) in [5, 5.41) is 11.1. The standard InChI is InChI=1S/C16H21N5/c1-17-16(18-2)19-11-14-13-9-6-10-15(13)21(20-14)12-7-4-3-5-8-12/h3-5,7-8H,6,9-11H2,1-2H3,(H2,17,18,19). The van der Waals surface area contributed by atoms with Crippen molar-refractivity contribution in [1.29, 1.82) is 0 Å². The summed E-state index contributed by atoms with van der Waals surface area (Å²) in [4.78, 5) is 4.14. The maximum absolute atomic E-state index is 4.81. The lowest BCUT2D eigenvalue weighted by Crippen LogP contribution is -2.34. The molecule has 1 aliphatic rings. The zero-order chi connectivity index (χ0) is 14.7. The first-order valence-electron chi connectivity index (χ1n) is 7.37. The van der Waals surface area contributed by atoms with Crippen LogP contribution in [0.2, 0.25) is 0 Å². The smallest absolute Gasteiger partial charge is 0.191 e. The number of hydrogen-bond donors (Lipinski definition) is 2. The van der Waals surface area contributed by atoms with Crippen molar-refractivity contribution in [3.63, 3.8) is 0 Å². The predicted molar refractivity (Wildman–Crippen MR) is 84.8 cm³/mol. The highest BCUT2D eigenvalue weighted by molar-refractivity contribution is 5.79. The van der Waals surface area contributed by atoms with Gasteiger partial charge in [-0.3, -0.25) is 4.99 Å². The Balaban J connectivity index is 1.89. The molecule has 5 nitrogen and oxygen atoms in total. The van der Waals surface area contributed by atoms with Crippen molar-refractivity contribution in [2.75, 3.05) is 14.1 Å². The largest absolute Gasteiger partial charge is 0.359 e. The highest BCUT2D eigenvalue weighted by Gasteiger charge is 2.22. The molecule has 1 aromatic heterocycles. The van der Waals surface area contributed by atoms with Gasteiger partial charge in [0.05, 0.1) is 17.9 Å². The number of fused-ring (bicyclic) bond motifs is 1. The van der Waals surface area contributed by atoms with E-state index >= 15 is 0 Å². The monoisotopic (exact) mass is 283 g/mol. The molecule has 0 fully saturated rings. The number of aliphatic imine (C=N–C) groups is 1. The van der Waals surface area contributed by atoms with E-state index in [0.29, 0.717) is 6.54 Å². The fourth-order valence-corrected chi connectivity index (χ4v) is 2.89. The van der Waals surface area contributed by atoms with Crippen LogP contribution in [0.5, 0.6) is 0 Å². The van der Waals surface area contributed by atoms with Gasteiger partial charge in [0.1, 0.15) is 0 Å². The van der Waals surface area contributed by atoms with Crippen molar-refractivity contribution >= 4 is 5.96 Å². The lowest BCUT2D eigenvalue weighted by Gasteiger charge is -2.07. The summed E-state index contributed by atoms with van der Waals surface area (Å²) >= 11 is 0. The van der Waals surface area contributed by atoms with Crippen molar-refractivity contribution in [2.45, 2.75) is 25.8 Å². The van der Waals surface area contributed by atoms with Gasteiger partial charge in [-0.2, -0.15) is 5.10 Å². The van der Waals surface area contributed by atoms with E-state index in [0.717, 1.165) is 30.2 Å². The van der Waals surface area contributed by atoms with Crippen molar-refractivity contribution < 1.29 is 0 Å². The first-order valence-corrected chi connectivity index (χ1v) is 7.37. The van der Waals surface area contributed by atoms with Gasteiger partial charge < -0.3 is 10.6 Å². The van der Waals surface area contributed by atoms with E-state index in [4.69, 9.17) is 5.10 Å². The minimum atomic E-state index is 0.704. The van der Waals surface area contributed by atoms with Crippen LogP contribution in [0.4, 0.5) is 0 Å². The number of aromatic nitrogens is 2. The van der Waals surface area contributed by atoms with Crippen LogP contribution in [-0.4, -0.2) is 29.8 Å². The van der Waals surface area contributed by atoms with Crippen molar-refractivity contribution in [1.82, 2.24) is 20.4 Å². The Kier molecular flexibility index (Phi) is 3.90. The first-order chi connectivity index (χ1) is 10.3. The Labute approximate surface area is 125 Å². The molecule has 1 aliphatic carbocycles. The molecule has 0 atom stereocenters. The van der Waals surface area contributed by atoms with Crippen LogP contribution < -0.4 is 10.6 Å². The van der Waals surface area contributed by atoms with Gasteiger partial charge >= 0.3 is 0 Å². The van der Waals surface area contributed by atoms with E-state index in [1.807, 2.05) is 13.1 Å². The van der Waals surface area contributed by atoms with E-state index in [1.54, 1.807) is 7.05 Å². The number of nitrogens with one attached hydrogen (secondary N) is 2. The van der Waals surface area contributed by atoms with Gasteiger partial charge in [0.25, 0.3) is 0 Å². The molecule has 0 spiro atoms. The molecule has 0 saturated carbocycles. The van der Waals surface area contributed by atoms with Crippen LogP contribution >= 0.6 is 0 Å². The molecule has 5 heteroatoms. The Bertz CT molecular complexity index is 642. The SMILES string of the molecule is CN=C(NC)NCc1nn(-c2ccccc2)c2c1CCC2. The molecule has 1 aromatic carbocycles. The zero-order valence-corrected chi connectivity index (χ0v) is 12.6. The Hall–Kier alpha value is -2.30. The Morgan fingerprint density at radius 3 is 2.81 bits per heavy atom. The molecule has 0 saturated heterocycles. The number of rotatable bonds is 3. The Morgan fingerprint density at radius 1 is 1.29 bits per heavy atom. The molecule has 0 amide bonds. The fraction of sp³-hybridized carbons (Fsp3) is 0.375. The normalized spacial score (nSPS) is 14.1. The van der Waals surface area contributed by atoms with Crippen LogP contribution in [0.15, 0.2) is 35.3 Å². The molecule has 0 unspecified atom stereocenters. The molecule has 2 N–H and O–H groups in total. The number of benzene rings is 1. The second-order valence-corrected chi connectivity index (χ2v) is 5.15. The van der Waals surface area contributed by atoms with Crippen LogP contribution in [-0.2, 0) is 19.4 Å². The summed E-state index contributed by atoms with van der Waals surface area (Å²) in [6, 6.07) is 10.4. The van der Waals surface area contributed by atoms with Gasteiger partial charge in [0.15, 0.2) is 5.96 Å². The second kappa shape index (κ2) is 5.99. The molecular weight excluding hydrogens is 262 g/mol. The van der Waals surface area contributed by atoms with Crippen LogP contribution in [0.3, 0.4) is 0 Å². The van der Waals surface area contributed by atoms with E-state index in [2.05, 4.69) is 44.6 Å². The number of hydrogen-bond acceptors (Lipinski definition) is 2. The molecule has 110 valence electrons. The first kappa shape index (κ1) is 13.7. The summed E-state index contributed by atoms with van der Waals surface area (Å²) in [6.45, 7) is 0.704. The van der Waals surface area contributed by atoms with Gasteiger partial charge in [0.2, 0.25) is 0 Å². The average Bonchev–Trinajstić information content (AvgIpc) is 3.12. The van der Waals surface area contributed by atoms with Crippen molar-refractivity contribution in [3.05, 3.63) is 47.3 Å². The lowest BCUT2D eigenvalue weighted by atomic mass is 10.2. The third kappa shape index (κ3) is 2.63. The van der Waals surface area contributed by atoms with Gasteiger partial charge in [-0.1, -0.05) is 18.2 Å². The molecule has 0 radical (unpaired) electrons. The summed E-state index contributed by atoms with van der Waals surface area (Å²) in [6.07, 6.45) is 3.45. The molecule has 3 rings (SSSR count). The van der Waals surface area contributed by atoms with Crippen LogP contribution in [0.25, 0.3) is 5.69 Å². The van der Waals surface area contributed by atoms with Crippen LogP contribution in [0, 0.1) is 0 Å². The summed E-state index contributed by atoms with van der Waals surface area (Å²) in [7, 11) is 3.63. The predicted octanol–water partition coefficient (Wildman–Crippen LogP) is 1.66. The number of para-hydroxylation sites is 1. The van der Waals surface area contributed by atoms with E-state index in [9.17, 15) is 0 Å². The maximum Gasteiger partial charge on any atom is 0.191 e. The van der Waals surface area contributed by atoms with Gasteiger partial charge in [-0.15, -0.1) is 0 Å². The van der Waals surface area contributed by atoms with E-state index in [1.165, 1.54) is 17.7 Å². The topological polar surface area (TPSA) is 54.2 Å². The summed E-state index contributed by atoms with van der Waals surface area (Å²) < 4.78 is 2.10. The zero-order valence-electron chi connectivity index (χ0n) is 12.6. The fourth-order valence-electron chi connectivity index (χ4n) is 2.89. The average molecular weight is 283 g/mol.